The van der Waals surface area contributed by atoms with Crippen LogP contribution in [0.3, 0.4) is 0 Å². The Hall–Kier alpha value is -5.31. The number of rotatable bonds is 8. The summed E-state index contributed by atoms with van der Waals surface area (Å²) in [6.45, 7) is 0. The molecule has 13 heteroatoms. The van der Waals surface area contributed by atoms with E-state index in [0.717, 1.165) is 0 Å². The minimum absolute atomic E-state index is 0.0226. The van der Waals surface area contributed by atoms with Crippen molar-refractivity contribution in [3.05, 3.63) is 162 Å². The molecule has 1 aliphatic carbocycles. The van der Waals surface area contributed by atoms with Gasteiger partial charge in [0.15, 0.2) is 0 Å². The van der Waals surface area contributed by atoms with Crippen LogP contribution in [-0.4, -0.2) is 39.5 Å². The second kappa shape index (κ2) is 11.9. The van der Waals surface area contributed by atoms with Crippen molar-refractivity contribution in [2.75, 3.05) is 0 Å². The normalized spacial score (nSPS) is 13.7. The lowest BCUT2D eigenvalue weighted by Gasteiger charge is -2.34. The summed E-state index contributed by atoms with van der Waals surface area (Å²) in [5.74, 6) is 0.663. The van der Waals surface area contributed by atoms with Crippen LogP contribution in [-0.2, 0) is 35.5 Å². The van der Waals surface area contributed by atoms with Crippen LogP contribution >= 0.6 is 0 Å². The van der Waals surface area contributed by atoms with E-state index in [0.29, 0.717) is 44.9 Å². The Bertz CT molecular complexity index is 2520. The van der Waals surface area contributed by atoms with Crippen molar-refractivity contribution in [1.82, 2.24) is 0 Å². The number of fused-ring (bicyclic) bond motifs is 3. The second-order valence-electron chi connectivity index (χ2n) is 11.6. The van der Waals surface area contributed by atoms with Crippen LogP contribution in [0.4, 0.5) is 0 Å². The number of phenols is 1. The molecular formula is C37H26O10S3. The van der Waals surface area contributed by atoms with Gasteiger partial charge in [0.25, 0.3) is 20.2 Å². The average molecular weight is 727 g/mol. The molecule has 0 spiro atoms. The zero-order valence-corrected chi connectivity index (χ0v) is 28.2. The molecule has 0 aliphatic heterocycles. The average Bonchev–Trinajstić information content (AvgIpc) is 3.39. The molecule has 252 valence electrons. The lowest BCUT2D eigenvalue weighted by atomic mass is 9.68. The van der Waals surface area contributed by atoms with Gasteiger partial charge in [0.2, 0.25) is 9.84 Å². The maximum atomic E-state index is 13.0. The molecule has 6 aromatic carbocycles. The van der Waals surface area contributed by atoms with E-state index in [1.807, 2.05) is 12.1 Å². The molecule has 7 rings (SSSR count). The largest absolute Gasteiger partial charge is 0.508 e. The van der Waals surface area contributed by atoms with E-state index >= 15 is 0 Å². The maximum absolute atomic E-state index is 13.0. The van der Waals surface area contributed by atoms with Crippen LogP contribution in [0.5, 0.6) is 17.2 Å². The van der Waals surface area contributed by atoms with Crippen LogP contribution < -0.4 is 4.74 Å². The fourth-order valence-electron chi connectivity index (χ4n) is 6.44. The number of hydrogen-bond donors (Lipinski definition) is 3. The number of hydrogen-bond acceptors (Lipinski definition) is 8. The van der Waals surface area contributed by atoms with Crippen LogP contribution in [0.25, 0.3) is 11.1 Å². The monoisotopic (exact) mass is 726 g/mol. The third kappa shape index (κ3) is 5.64. The molecule has 1 aliphatic rings. The molecule has 50 heavy (non-hydrogen) atoms. The highest BCUT2D eigenvalue weighted by molar-refractivity contribution is 7.91. The first-order valence-corrected chi connectivity index (χ1v) is 19.3. The first-order valence-electron chi connectivity index (χ1n) is 14.9. The van der Waals surface area contributed by atoms with E-state index in [-0.39, 0.29) is 25.3 Å². The second-order valence-corrected chi connectivity index (χ2v) is 16.4. The SMILES string of the molecule is O=S(=O)(O)c1ccc2c(c1)C(c1ccccc1)(c1ccc(Oc3ccc(S(=O)(=O)c4ccc(O)cc4)cc3)cc1)c1cc(S(=O)(=O)O)ccc1-2. The van der Waals surface area contributed by atoms with Crippen molar-refractivity contribution in [2.45, 2.75) is 25.0 Å². The zero-order valence-electron chi connectivity index (χ0n) is 25.7. The molecule has 0 unspecified atom stereocenters. The van der Waals surface area contributed by atoms with Gasteiger partial charge in [0.1, 0.15) is 17.2 Å². The van der Waals surface area contributed by atoms with Gasteiger partial charge in [-0.3, -0.25) is 9.11 Å². The lowest BCUT2D eigenvalue weighted by molar-refractivity contribution is 0.474. The van der Waals surface area contributed by atoms with Crippen LogP contribution in [0, 0.1) is 0 Å². The molecule has 0 atom stereocenters. The summed E-state index contributed by atoms with van der Waals surface area (Å²) >= 11 is 0. The van der Waals surface area contributed by atoms with E-state index < -0.39 is 35.5 Å². The number of phenolic OH excluding ortho intramolecular Hbond substituents is 1. The number of aromatic hydroxyl groups is 1. The molecule has 0 aromatic heterocycles. The smallest absolute Gasteiger partial charge is 0.294 e. The summed E-state index contributed by atoms with van der Waals surface area (Å²) < 4.78 is 101. The van der Waals surface area contributed by atoms with Gasteiger partial charge in [0, 0.05) is 0 Å². The van der Waals surface area contributed by atoms with Crippen molar-refractivity contribution in [2.24, 2.45) is 0 Å². The summed E-state index contributed by atoms with van der Waals surface area (Å²) in [4.78, 5) is -0.650. The third-order valence-corrected chi connectivity index (χ3v) is 12.2. The van der Waals surface area contributed by atoms with Gasteiger partial charge in [0.05, 0.1) is 25.0 Å². The van der Waals surface area contributed by atoms with Crippen molar-refractivity contribution in [3.8, 4) is 28.4 Å². The molecule has 0 radical (unpaired) electrons. The third-order valence-electron chi connectivity index (χ3n) is 8.69. The van der Waals surface area contributed by atoms with E-state index in [1.165, 1.54) is 72.8 Å². The van der Waals surface area contributed by atoms with E-state index in [9.17, 15) is 39.5 Å². The van der Waals surface area contributed by atoms with Crippen molar-refractivity contribution < 1.29 is 44.2 Å². The minimum atomic E-state index is -4.63. The Morgan fingerprint density at radius 3 is 1.32 bits per heavy atom. The fraction of sp³-hybridized carbons (Fsp3) is 0.0270. The Morgan fingerprint density at radius 2 is 0.860 bits per heavy atom. The highest BCUT2D eigenvalue weighted by Crippen LogP contribution is 2.57. The predicted molar refractivity (Wildman–Crippen MR) is 183 cm³/mol. The Labute approximate surface area is 288 Å². The zero-order chi connectivity index (χ0) is 35.5. The number of benzene rings is 6. The van der Waals surface area contributed by atoms with E-state index in [4.69, 9.17) is 4.74 Å². The summed E-state index contributed by atoms with van der Waals surface area (Å²) in [5.41, 5.74) is 2.05. The lowest BCUT2D eigenvalue weighted by Crippen LogP contribution is -2.29. The van der Waals surface area contributed by atoms with Crippen molar-refractivity contribution in [1.29, 1.82) is 0 Å². The number of sulfone groups is 1. The van der Waals surface area contributed by atoms with Gasteiger partial charge < -0.3 is 9.84 Å². The summed E-state index contributed by atoms with van der Waals surface area (Å²) in [6.07, 6.45) is 0. The van der Waals surface area contributed by atoms with Crippen LogP contribution in [0.15, 0.2) is 159 Å². The minimum Gasteiger partial charge on any atom is -0.508 e. The number of ether oxygens (including phenoxy) is 1. The first kappa shape index (κ1) is 33.2. The van der Waals surface area contributed by atoms with Crippen LogP contribution in [0.2, 0.25) is 0 Å². The highest BCUT2D eigenvalue weighted by Gasteiger charge is 2.47. The highest BCUT2D eigenvalue weighted by atomic mass is 32.2. The Kier molecular flexibility index (Phi) is 7.92. The molecule has 0 saturated carbocycles. The first-order chi connectivity index (χ1) is 23.7. The standard InChI is InChI=1S/C37H26O10S3/c38-26-8-14-29(15-9-26)48(39,40)30-16-12-28(13-17-30)47-27-10-6-25(7-11-27)37(24-4-2-1-3-5-24)35-22-31(49(41,42)43)18-20-33(35)34-21-19-32(23-36(34)37)50(44,45)46/h1-23,38H,(H,41,42,43)(H,44,45,46). The summed E-state index contributed by atoms with van der Waals surface area (Å²) in [5, 5.41) is 9.51. The van der Waals surface area contributed by atoms with Crippen LogP contribution in [0.1, 0.15) is 22.3 Å². The Morgan fingerprint density at radius 1 is 0.460 bits per heavy atom. The van der Waals surface area contributed by atoms with Gasteiger partial charge in [-0.25, -0.2) is 8.42 Å². The van der Waals surface area contributed by atoms with Gasteiger partial charge in [-0.05, 0) is 118 Å². The molecule has 6 aromatic rings. The fourth-order valence-corrected chi connectivity index (χ4v) is 8.71. The van der Waals surface area contributed by atoms with Gasteiger partial charge in [-0.15, -0.1) is 0 Å². The molecule has 0 saturated heterocycles. The van der Waals surface area contributed by atoms with E-state index in [2.05, 4.69) is 0 Å². The summed E-state index contributed by atoms with van der Waals surface area (Å²) in [6, 6.07) is 35.2. The molecule has 0 bridgehead atoms. The summed E-state index contributed by atoms with van der Waals surface area (Å²) in [7, 11) is -13.1. The van der Waals surface area contributed by atoms with Gasteiger partial charge in [-0.2, -0.15) is 16.8 Å². The van der Waals surface area contributed by atoms with Gasteiger partial charge >= 0.3 is 0 Å². The molecular weight excluding hydrogens is 701 g/mol. The topological polar surface area (TPSA) is 172 Å². The quantitative estimate of drug-likeness (QED) is 0.140. The van der Waals surface area contributed by atoms with Crippen molar-refractivity contribution >= 4 is 30.1 Å². The molecule has 10 nitrogen and oxygen atoms in total. The Balaban J connectivity index is 1.33. The van der Waals surface area contributed by atoms with E-state index in [1.54, 1.807) is 54.6 Å². The molecule has 0 amide bonds. The molecule has 0 heterocycles. The molecule has 3 N–H and O–H groups in total. The maximum Gasteiger partial charge on any atom is 0.294 e. The predicted octanol–water partition coefficient (Wildman–Crippen LogP) is 6.87. The molecule has 0 fully saturated rings. The van der Waals surface area contributed by atoms with Gasteiger partial charge in [-0.1, -0.05) is 54.6 Å². The van der Waals surface area contributed by atoms with Crippen molar-refractivity contribution in [3.63, 3.8) is 0 Å².